The van der Waals surface area contributed by atoms with Gasteiger partial charge in [0.1, 0.15) is 0 Å². The standard InChI is InChI=1S/C15H22O3/c1-8-12(16)5-11-10(13(17)18)4-9-6-14(2,3)7-15(8,9)11/h4,8-9,11-12,16H,5-7H2,1-3H3,(H,17,18)/t8-,9-,11+,12-,15-/m1/s1. The lowest BCUT2D eigenvalue weighted by Crippen LogP contribution is -2.34. The van der Waals surface area contributed by atoms with Crippen molar-refractivity contribution in [1.82, 2.24) is 0 Å². The van der Waals surface area contributed by atoms with Crippen LogP contribution in [0, 0.1) is 28.6 Å². The van der Waals surface area contributed by atoms with Crippen molar-refractivity contribution in [2.24, 2.45) is 28.6 Å². The summed E-state index contributed by atoms with van der Waals surface area (Å²) >= 11 is 0. The van der Waals surface area contributed by atoms with Gasteiger partial charge in [0.15, 0.2) is 0 Å². The van der Waals surface area contributed by atoms with Gasteiger partial charge in [0.25, 0.3) is 0 Å². The van der Waals surface area contributed by atoms with Gasteiger partial charge in [-0.15, -0.1) is 0 Å². The summed E-state index contributed by atoms with van der Waals surface area (Å²) in [6.45, 7) is 6.64. The lowest BCUT2D eigenvalue weighted by atomic mass is 9.67. The molecule has 0 heterocycles. The highest BCUT2D eigenvalue weighted by Crippen LogP contribution is 2.70. The summed E-state index contributed by atoms with van der Waals surface area (Å²) < 4.78 is 0. The second-order valence-electron chi connectivity index (χ2n) is 7.34. The molecule has 0 aromatic carbocycles. The van der Waals surface area contributed by atoms with Gasteiger partial charge < -0.3 is 10.2 Å². The Kier molecular flexibility index (Phi) is 2.30. The first-order chi connectivity index (χ1) is 8.28. The van der Waals surface area contributed by atoms with Crippen molar-refractivity contribution in [2.75, 3.05) is 0 Å². The van der Waals surface area contributed by atoms with Crippen LogP contribution < -0.4 is 0 Å². The van der Waals surface area contributed by atoms with E-state index in [1.807, 2.05) is 6.08 Å². The third-order valence-electron chi connectivity index (χ3n) is 5.80. The van der Waals surface area contributed by atoms with Crippen LogP contribution in [0.3, 0.4) is 0 Å². The highest BCUT2D eigenvalue weighted by Gasteiger charge is 2.65. The van der Waals surface area contributed by atoms with E-state index in [0.717, 1.165) is 12.8 Å². The van der Waals surface area contributed by atoms with Gasteiger partial charge in [-0.05, 0) is 47.8 Å². The number of rotatable bonds is 1. The van der Waals surface area contributed by atoms with Crippen LogP contribution in [0.15, 0.2) is 11.6 Å². The van der Waals surface area contributed by atoms with Crippen LogP contribution in [-0.2, 0) is 4.79 Å². The quantitative estimate of drug-likeness (QED) is 0.751. The number of carboxylic acid groups (broad SMARTS) is 1. The Balaban J connectivity index is 2.08. The largest absolute Gasteiger partial charge is 0.478 e. The lowest BCUT2D eigenvalue weighted by Gasteiger charge is -2.36. The molecule has 2 N–H and O–H groups in total. The summed E-state index contributed by atoms with van der Waals surface area (Å²) in [5.41, 5.74) is 0.845. The van der Waals surface area contributed by atoms with E-state index in [1.54, 1.807) is 0 Å². The van der Waals surface area contributed by atoms with Crippen LogP contribution in [0.1, 0.15) is 40.0 Å². The third-order valence-corrected chi connectivity index (χ3v) is 5.80. The second-order valence-corrected chi connectivity index (χ2v) is 7.34. The summed E-state index contributed by atoms with van der Waals surface area (Å²) in [6.07, 6.45) is 4.39. The van der Waals surface area contributed by atoms with Crippen molar-refractivity contribution in [3.05, 3.63) is 11.6 Å². The molecule has 18 heavy (non-hydrogen) atoms. The maximum atomic E-state index is 11.4. The summed E-state index contributed by atoms with van der Waals surface area (Å²) in [6, 6.07) is 0. The predicted octanol–water partition coefficient (Wildman–Crippen LogP) is 2.45. The number of hydrogen-bond donors (Lipinski definition) is 2. The van der Waals surface area contributed by atoms with Gasteiger partial charge in [-0.3, -0.25) is 0 Å². The molecule has 0 aliphatic heterocycles. The van der Waals surface area contributed by atoms with E-state index < -0.39 is 5.97 Å². The van der Waals surface area contributed by atoms with E-state index >= 15 is 0 Å². The molecule has 0 aromatic rings. The fraction of sp³-hybridized carbons (Fsp3) is 0.800. The molecule has 3 nitrogen and oxygen atoms in total. The van der Waals surface area contributed by atoms with Crippen LogP contribution >= 0.6 is 0 Å². The topological polar surface area (TPSA) is 57.5 Å². The lowest BCUT2D eigenvalue weighted by molar-refractivity contribution is -0.133. The molecule has 3 aliphatic rings. The van der Waals surface area contributed by atoms with Crippen molar-refractivity contribution in [3.8, 4) is 0 Å². The van der Waals surface area contributed by atoms with Crippen LogP contribution in [0.2, 0.25) is 0 Å². The molecule has 0 unspecified atom stereocenters. The second kappa shape index (κ2) is 3.38. The number of carbonyl (C=O) groups is 1. The molecule has 100 valence electrons. The van der Waals surface area contributed by atoms with Crippen LogP contribution in [0.25, 0.3) is 0 Å². The van der Waals surface area contributed by atoms with Gasteiger partial charge in [0.2, 0.25) is 0 Å². The van der Waals surface area contributed by atoms with Crippen LogP contribution in [0.5, 0.6) is 0 Å². The Hall–Kier alpha value is -0.830. The fourth-order valence-corrected chi connectivity index (χ4v) is 5.22. The molecule has 0 saturated heterocycles. The molecular formula is C15H22O3. The summed E-state index contributed by atoms with van der Waals surface area (Å²) in [5, 5.41) is 19.6. The monoisotopic (exact) mass is 250 g/mol. The molecular weight excluding hydrogens is 228 g/mol. The average molecular weight is 250 g/mol. The van der Waals surface area contributed by atoms with E-state index in [0.29, 0.717) is 17.9 Å². The minimum atomic E-state index is -0.784. The molecule has 2 fully saturated rings. The van der Waals surface area contributed by atoms with Gasteiger partial charge in [-0.1, -0.05) is 26.8 Å². The zero-order valence-electron chi connectivity index (χ0n) is 11.3. The Morgan fingerprint density at radius 3 is 2.72 bits per heavy atom. The molecule has 3 heteroatoms. The van der Waals surface area contributed by atoms with E-state index in [4.69, 9.17) is 0 Å². The number of hydrogen-bond acceptors (Lipinski definition) is 2. The zero-order valence-corrected chi connectivity index (χ0v) is 11.3. The minimum absolute atomic E-state index is 0.0106. The van der Waals surface area contributed by atoms with E-state index in [9.17, 15) is 15.0 Å². The first kappa shape index (κ1) is 12.2. The van der Waals surface area contributed by atoms with E-state index in [2.05, 4.69) is 20.8 Å². The maximum absolute atomic E-state index is 11.4. The highest BCUT2D eigenvalue weighted by molar-refractivity contribution is 5.88. The SMILES string of the molecule is C[C@@H]1[C@H](O)C[C@H]2C(C(=O)O)=C[C@@H]3CC(C)(C)C[C@]312. The molecule has 0 amide bonds. The van der Waals surface area contributed by atoms with Crippen molar-refractivity contribution < 1.29 is 15.0 Å². The fourth-order valence-electron chi connectivity index (χ4n) is 5.22. The smallest absolute Gasteiger partial charge is 0.331 e. The molecule has 0 radical (unpaired) electrons. The molecule has 2 saturated carbocycles. The van der Waals surface area contributed by atoms with Crippen molar-refractivity contribution >= 4 is 5.97 Å². The molecule has 3 rings (SSSR count). The average Bonchev–Trinajstić information content (AvgIpc) is 2.74. The molecule has 1 spiro atoms. The Morgan fingerprint density at radius 1 is 1.44 bits per heavy atom. The van der Waals surface area contributed by atoms with E-state index in [1.165, 1.54) is 0 Å². The predicted molar refractivity (Wildman–Crippen MR) is 67.9 cm³/mol. The highest BCUT2D eigenvalue weighted by atomic mass is 16.4. The number of allylic oxidation sites excluding steroid dienone is 1. The van der Waals surface area contributed by atoms with E-state index in [-0.39, 0.29) is 28.8 Å². The number of carboxylic acids is 1. The van der Waals surface area contributed by atoms with Gasteiger partial charge in [-0.25, -0.2) is 4.79 Å². The Bertz CT molecular complexity index is 437. The first-order valence-corrected chi connectivity index (χ1v) is 6.91. The molecule has 3 aliphatic carbocycles. The first-order valence-electron chi connectivity index (χ1n) is 6.91. The molecule has 5 atom stereocenters. The van der Waals surface area contributed by atoms with Crippen LogP contribution in [0.4, 0.5) is 0 Å². The van der Waals surface area contributed by atoms with Crippen LogP contribution in [-0.4, -0.2) is 22.3 Å². The third kappa shape index (κ3) is 1.31. The number of aliphatic hydroxyl groups is 1. The minimum Gasteiger partial charge on any atom is -0.478 e. The summed E-state index contributed by atoms with van der Waals surface area (Å²) in [5.74, 6) is -0.169. The Morgan fingerprint density at radius 2 is 2.11 bits per heavy atom. The van der Waals surface area contributed by atoms with Gasteiger partial charge in [0, 0.05) is 5.57 Å². The van der Waals surface area contributed by atoms with Crippen molar-refractivity contribution in [1.29, 1.82) is 0 Å². The molecule has 0 bridgehead atoms. The normalized spacial score (nSPS) is 48.8. The summed E-state index contributed by atoms with van der Waals surface area (Å²) in [7, 11) is 0. The van der Waals surface area contributed by atoms with Gasteiger partial charge in [0.05, 0.1) is 6.10 Å². The molecule has 0 aromatic heterocycles. The number of aliphatic hydroxyl groups excluding tert-OH is 1. The van der Waals surface area contributed by atoms with Gasteiger partial charge >= 0.3 is 5.97 Å². The van der Waals surface area contributed by atoms with Crippen molar-refractivity contribution in [2.45, 2.75) is 46.1 Å². The summed E-state index contributed by atoms with van der Waals surface area (Å²) in [4.78, 5) is 11.4. The Labute approximate surface area is 108 Å². The number of aliphatic carboxylic acids is 1. The van der Waals surface area contributed by atoms with Gasteiger partial charge in [-0.2, -0.15) is 0 Å². The maximum Gasteiger partial charge on any atom is 0.331 e. The van der Waals surface area contributed by atoms with Crippen molar-refractivity contribution in [3.63, 3.8) is 0 Å². The zero-order chi connectivity index (χ0) is 13.3.